The first kappa shape index (κ1) is 46.1. The molecule has 4 aromatic rings. The molecule has 0 saturated heterocycles. The maximum atomic E-state index is 12.2. The van der Waals surface area contributed by atoms with Crippen molar-refractivity contribution in [3.63, 3.8) is 0 Å². The van der Waals surface area contributed by atoms with Gasteiger partial charge in [-0.15, -0.1) is 5.10 Å². The second-order valence-electron chi connectivity index (χ2n) is 11.8. The number of esters is 2. The topological polar surface area (TPSA) is 234 Å². The number of phosphoric acid groups is 1. The second kappa shape index (κ2) is 25.0. The van der Waals surface area contributed by atoms with Gasteiger partial charge < -0.3 is 42.2 Å². The van der Waals surface area contributed by atoms with Crippen LogP contribution in [0, 0.1) is 6.92 Å². The Balaban J connectivity index is 0.00000841. The monoisotopic (exact) mass is 808 g/mol. The fraction of sp³-hybridized carbons (Fsp3) is 0.429. The Hall–Kier alpha value is -4.33. The summed E-state index contributed by atoms with van der Waals surface area (Å²) in [5, 5.41) is 9.36. The van der Waals surface area contributed by atoms with Crippen molar-refractivity contribution in [1.29, 1.82) is 0 Å². The molecule has 2 unspecified atom stereocenters. The minimum Gasteiger partial charge on any atom is -0.756 e. The van der Waals surface area contributed by atoms with Gasteiger partial charge in [-0.1, -0.05) is 17.4 Å². The molecular weight excluding hydrogens is 766 g/mol. The molecule has 3 heterocycles. The van der Waals surface area contributed by atoms with E-state index in [-0.39, 0.29) is 94.8 Å². The van der Waals surface area contributed by atoms with Crippen molar-refractivity contribution in [2.24, 2.45) is 0 Å². The van der Waals surface area contributed by atoms with Gasteiger partial charge in [0.25, 0.3) is 20.8 Å². The molecule has 0 N–H and O–H groups in total. The number of ether oxygens (including phenoxy) is 5. The number of aryl methyl sites for hydroxylation is 3. The molecule has 4 rings (SSSR count). The van der Waals surface area contributed by atoms with Crippen LogP contribution in [0.5, 0.6) is 0 Å². The molecule has 0 aliphatic rings. The molecule has 1 aromatic carbocycles. The minimum atomic E-state index is -4.76. The SMILES string of the molecule is Cc1cc(/C=C/c2ccc3c(ccn3CCn3cc(COC(=O)CCCOCCOC(=O)CCCOP(=O)([O-])OCC(COC=O)OC=O)nn3)c2)ncn1.[Na+]. The van der Waals surface area contributed by atoms with E-state index < -0.39 is 39.1 Å². The summed E-state index contributed by atoms with van der Waals surface area (Å²) in [4.78, 5) is 64.9. The van der Waals surface area contributed by atoms with Gasteiger partial charge in [-0.3, -0.25) is 28.4 Å². The van der Waals surface area contributed by atoms with Gasteiger partial charge >= 0.3 is 41.5 Å². The molecule has 0 aliphatic carbocycles. The van der Waals surface area contributed by atoms with Crippen molar-refractivity contribution >= 4 is 55.8 Å². The van der Waals surface area contributed by atoms with Crippen LogP contribution in [0.1, 0.15) is 48.3 Å². The summed E-state index contributed by atoms with van der Waals surface area (Å²) in [6.07, 6.45) is 8.58. The standard InChI is InChI=1S/C35H43N6O13P.Na/c1-27-18-30(37-24-36-27)8-6-28-7-9-33-29(19-28)10-11-40(33)12-13-41-20-31(38-39-41)21-51-35(45)4-2-14-48-16-17-50-34(44)5-3-15-53-55(46,47)54-23-32(52-26-43)22-49-25-42;/h6-11,18-20,24-26,32H,2-5,12-17,21-23H2,1H3,(H,46,47);/q;+1/p-1/b8-6+;. The van der Waals surface area contributed by atoms with Crippen LogP contribution in [0.2, 0.25) is 0 Å². The molecule has 0 bridgehead atoms. The molecule has 0 aliphatic heterocycles. The molecular formula is C35H42N6NaO13P. The zero-order chi connectivity index (χ0) is 39.3. The summed E-state index contributed by atoms with van der Waals surface area (Å²) in [7, 11) is -4.76. The van der Waals surface area contributed by atoms with Crippen LogP contribution in [0.3, 0.4) is 0 Å². The quantitative estimate of drug-likeness (QED) is 0.0186. The Labute approximate surface area is 344 Å². The van der Waals surface area contributed by atoms with Crippen molar-refractivity contribution in [1.82, 2.24) is 29.5 Å². The molecule has 21 heteroatoms. The summed E-state index contributed by atoms with van der Waals surface area (Å²) < 4.78 is 49.5. The molecule has 19 nitrogen and oxygen atoms in total. The smallest absolute Gasteiger partial charge is 0.756 e. The fourth-order valence-electron chi connectivity index (χ4n) is 4.88. The van der Waals surface area contributed by atoms with Gasteiger partial charge in [0, 0.05) is 48.8 Å². The molecule has 0 spiro atoms. The first-order valence-electron chi connectivity index (χ1n) is 17.2. The van der Waals surface area contributed by atoms with Crippen molar-refractivity contribution < 1.29 is 90.9 Å². The van der Waals surface area contributed by atoms with Crippen molar-refractivity contribution in [3.05, 3.63) is 71.7 Å². The normalized spacial score (nSPS) is 12.8. The van der Waals surface area contributed by atoms with Crippen molar-refractivity contribution in [2.75, 3.05) is 39.6 Å². The number of rotatable bonds is 27. The van der Waals surface area contributed by atoms with Crippen LogP contribution in [0.25, 0.3) is 23.1 Å². The molecule has 3 aromatic heterocycles. The Morgan fingerprint density at radius 2 is 1.71 bits per heavy atom. The molecule has 0 fully saturated rings. The number of nitrogens with zero attached hydrogens (tertiary/aromatic N) is 6. The Kier molecular flexibility index (Phi) is 20.6. The number of hydrogen-bond donors (Lipinski definition) is 0. The van der Waals surface area contributed by atoms with Gasteiger partial charge in [0.1, 0.15) is 31.8 Å². The average molecular weight is 809 g/mol. The first-order chi connectivity index (χ1) is 26.6. The van der Waals surface area contributed by atoms with Gasteiger partial charge in [-0.2, -0.15) is 0 Å². The molecule has 0 saturated carbocycles. The third-order valence-electron chi connectivity index (χ3n) is 7.56. The summed E-state index contributed by atoms with van der Waals surface area (Å²) in [5.74, 6) is -1.01. The largest absolute Gasteiger partial charge is 1.00 e. The number of carbonyl (C=O) groups is 4. The number of phosphoric ester groups is 1. The minimum absolute atomic E-state index is 0. The van der Waals surface area contributed by atoms with E-state index in [1.165, 1.54) is 0 Å². The van der Waals surface area contributed by atoms with Crippen LogP contribution in [-0.2, 0) is 76.2 Å². The third kappa shape index (κ3) is 17.2. The number of hydrogen-bond acceptors (Lipinski definition) is 17. The van der Waals surface area contributed by atoms with E-state index in [1.807, 2.05) is 31.3 Å². The van der Waals surface area contributed by atoms with E-state index in [0.717, 1.165) is 27.9 Å². The molecule has 0 radical (unpaired) electrons. The molecule has 296 valence electrons. The van der Waals surface area contributed by atoms with Gasteiger partial charge in [0.05, 0.1) is 38.3 Å². The number of aromatic nitrogens is 6. The van der Waals surface area contributed by atoms with Crippen LogP contribution in [-0.4, -0.2) is 100 Å². The predicted octanol–water partition coefficient (Wildman–Crippen LogP) is -0.415. The first-order valence-corrected chi connectivity index (χ1v) is 18.7. The molecule has 56 heavy (non-hydrogen) atoms. The van der Waals surface area contributed by atoms with Gasteiger partial charge in [-0.25, -0.2) is 9.97 Å². The van der Waals surface area contributed by atoms with E-state index in [9.17, 15) is 28.6 Å². The van der Waals surface area contributed by atoms with E-state index >= 15 is 0 Å². The number of fused-ring (bicyclic) bond motifs is 1. The molecule has 2 atom stereocenters. The number of benzene rings is 1. The predicted molar refractivity (Wildman–Crippen MR) is 190 cm³/mol. The maximum absolute atomic E-state index is 12.2. The van der Waals surface area contributed by atoms with Gasteiger partial charge in [-0.05, 0) is 55.7 Å². The zero-order valence-corrected chi connectivity index (χ0v) is 34.0. The Bertz CT molecular complexity index is 1920. The van der Waals surface area contributed by atoms with Crippen LogP contribution >= 0.6 is 7.82 Å². The van der Waals surface area contributed by atoms with Crippen LogP contribution < -0.4 is 34.5 Å². The van der Waals surface area contributed by atoms with Crippen LogP contribution in [0.4, 0.5) is 0 Å². The van der Waals surface area contributed by atoms with E-state index in [0.29, 0.717) is 25.2 Å². The average Bonchev–Trinajstić information content (AvgIpc) is 3.81. The zero-order valence-electron chi connectivity index (χ0n) is 31.1. The maximum Gasteiger partial charge on any atom is 1.00 e. The summed E-state index contributed by atoms with van der Waals surface area (Å²) in [5.41, 5.74) is 4.45. The van der Waals surface area contributed by atoms with Crippen LogP contribution in [0.15, 0.2) is 49.1 Å². The Morgan fingerprint density at radius 3 is 2.50 bits per heavy atom. The Morgan fingerprint density at radius 1 is 0.911 bits per heavy atom. The van der Waals surface area contributed by atoms with Crippen molar-refractivity contribution in [2.45, 2.75) is 58.4 Å². The van der Waals surface area contributed by atoms with E-state index in [1.54, 1.807) is 17.2 Å². The summed E-state index contributed by atoms with van der Waals surface area (Å²) >= 11 is 0. The van der Waals surface area contributed by atoms with Gasteiger partial charge in [0.2, 0.25) is 0 Å². The van der Waals surface area contributed by atoms with E-state index in [2.05, 4.69) is 67.6 Å². The summed E-state index contributed by atoms with van der Waals surface area (Å²) in [6.45, 7) is 2.25. The van der Waals surface area contributed by atoms with Crippen molar-refractivity contribution in [3.8, 4) is 0 Å². The number of carbonyl (C=O) groups excluding carboxylic acids is 4. The van der Waals surface area contributed by atoms with Gasteiger partial charge in [0.15, 0.2) is 6.10 Å². The van der Waals surface area contributed by atoms with E-state index in [4.69, 9.17) is 14.2 Å². The third-order valence-corrected chi connectivity index (χ3v) is 8.52. The fourth-order valence-corrected chi connectivity index (χ4v) is 5.66. The summed E-state index contributed by atoms with van der Waals surface area (Å²) in [6, 6.07) is 10.3. The second-order valence-corrected chi connectivity index (χ2v) is 13.2. The molecule has 0 amide bonds.